The van der Waals surface area contributed by atoms with Crippen molar-refractivity contribution in [3.8, 4) is 40.2 Å². The Morgan fingerprint density at radius 3 is 1.86 bits per heavy atom. The molecule has 6 atom stereocenters. The number of ether oxygens (including phenoxy) is 7. The molecule has 3 aromatic carbocycles. The van der Waals surface area contributed by atoms with Crippen LogP contribution in [0, 0.1) is 11.8 Å². The molecule has 2 unspecified atom stereocenters. The second-order valence-electron chi connectivity index (χ2n) is 10.3. The normalized spacial score (nSPS) is 22.7. The molecule has 0 amide bonds. The molecular weight excluding hydrogens is 546 g/mol. The molecule has 2 aliphatic rings. The molecule has 2 saturated heterocycles. The summed E-state index contributed by atoms with van der Waals surface area (Å²) in [6.45, 7) is 0.572. The lowest BCUT2D eigenvalue weighted by Crippen LogP contribution is -2.34. The van der Waals surface area contributed by atoms with Crippen LogP contribution < -0.4 is 29.4 Å². The summed E-state index contributed by atoms with van der Waals surface area (Å²) in [5.41, 5.74) is 8.74. The monoisotopic (exact) mass is 583 g/mol. The quantitative estimate of drug-likeness (QED) is 0.262. The Bertz CT molecular complexity index is 1370. The third-order valence-electron chi connectivity index (χ3n) is 8.05. The highest BCUT2D eigenvalue weighted by atomic mass is 16.6. The number of nitrogens with two attached hydrogens (primary N) is 1. The first kappa shape index (κ1) is 29.6. The lowest BCUT2D eigenvalue weighted by Gasteiger charge is -2.27. The van der Waals surface area contributed by atoms with E-state index < -0.39 is 18.8 Å². The van der Waals surface area contributed by atoms with E-state index in [1.54, 1.807) is 24.3 Å². The summed E-state index contributed by atoms with van der Waals surface area (Å²) in [6, 6.07) is 12.9. The van der Waals surface area contributed by atoms with E-state index in [9.17, 15) is 15.3 Å². The zero-order valence-corrected chi connectivity index (χ0v) is 24.0. The Hall–Kier alpha value is -3.90. The van der Waals surface area contributed by atoms with Crippen LogP contribution in [-0.4, -0.2) is 69.7 Å². The highest BCUT2D eigenvalue weighted by Gasteiger charge is 2.48. The van der Waals surface area contributed by atoms with Gasteiger partial charge in [-0.1, -0.05) is 12.1 Å². The Balaban J connectivity index is 1.38. The second kappa shape index (κ2) is 12.5. The van der Waals surface area contributed by atoms with Crippen LogP contribution in [0.25, 0.3) is 0 Å². The summed E-state index contributed by atoms with van der Waals surface area (Å²) in [7, 11) is 6.01. The molecule has 226 valence electrons. The van der Waals surface area contributed by atoms with Gasteiger partial charge in [-0.2, -0.15) is 0 Å². The molecule has 11 nitrogen and oxygen atoms in total. The van der Waals surface area contributed by atoms with Crippen molar-refractivity contribution in [3.63, 3.8) is 0 Å². The molecule has 0 aromatic heterocycles. The van der Waals surface area contributed by atoms with Gasteiger partial charge in [0, 0.05) is 11.8 Å². The lowest BCUT2D eigenvalue weighted by atomic mass is 9.84. The minimum Gasteiger partial charge on any atom is -0.504 e. The third kappa shape index (κ3) is 5.48. The number of hydrogen-bond acceptors (Lipinski definition) is 11. The molecule has 2 aliphatic heterocycles. The van der Waals surface area contributed by atoms with Crippen molar-refractivity contribution in [2.24, 2.45) is 17.6 Å². The minimum atomic E-state index is -0.884. The molecule has 0 bridgehead atoms. The largest absolute Gasteiger partial charge is 0.504 e. The van der Waals surface area contributed by atoms with Gasteiger partial charge in [0.15, 0.2) is 34.5 Å². The van der Waals surface area contributed by atoms with E-state index in [0.29, 0.717) is 41.8 Å². The molecule has 0 spiro atoms. The maximum atomic E-state index is 10.2. The smallest absolute Gasteiger partial charge is 0.203 e. The molecule has 11 heteroatoms. The van der Waals surface area contributed by atoms with Crippen LogP contribution in [-0.2, 0) is 9.47 Å². The zero-order valence-electron chi connectivity index (χ0n) is 24.0. The molecule has 0 saturated carbocycles. The molecule has 2 fully saturated rings. The predicted molar refractivity (Wildman–Crippen MR) is 152 cm³/mol. The molecule has 42 heavy (non-hydrogen) atoms. The summed E-state index contributed by atoms with van der Waals surface area (Å²) in [6.07, 6.45) is -1.37. The van der Waals surface area contributed by atoms with Crippen LogP contribution in [0.2, 0.25) is 0 Å². The number of fused-ring (bicyclic) bond motifs is 1. The van der Waals surface area contributed by atoms with E-state index in [1.165, 1.54) is 34.5 Å². The SMILES string of the molecule is COc1ccc([C@@H](N)[C@H](CO)Oc2c(OC)cc([C@@H]3OCC4C3CO[C@H]4c3ccc(O)c(OC)c3)cc2OC)cc1O. The number of aliphatic hydroxyl groups is 1. The van der Waals surface area contributed by atoms with E-state index >= 15 is 0 Å². The van der Waals surface area contributed by atoms with E-state index in [0.717, 1.165) is 11.1 Å². The van der Waals surface area contributed by atoms with Gasteiger partial charge in [0.1, 0.15) is 6.10 Å². The average molecular weight is 584 g/mol. The molecule has 0 aliphatic carbocycles. The van der Waals surface area contributed by atoms with Gasteiger partial charge in [0.2, 0.25) is 5.75 Å². The van der Waals surface area contributed by atoms with Gasteiger partial charge >= 0.3 is 0 Å². The molecular formula is C31H37NO10. The maximum Gasteiger partial charge on any atom is 0.203 e. The predicted octanol–water partition coefficient (Wildman–Crippen LogP) is 3.65. The molecule has 5 N–H and O–H groups in total. The van der Waals surface area contributed by atoms with Gasteiger partial charge in [-0.05, 0) is 53.1 Å². The van der Waals surface area contributed by atoms with Gasteiger partial charge in [0.05, 0.1) is 66.5 Å². The number of rotatable bonds is 11. The summed E-state index contributed by atoms with van der Waals surface area (Å²) in [5, 5.41) is 30.4. The lowest BCUT2D eigenvalue weighted by molar-refractivity contribution is 0.0190. The Labute approximate surface area is 244 Å². The minimum absolute atomic E-state index is 0.0670. The van der Waals surface area contributed by atoms with Crippen LogP contribution in [0.4, 0.5) is 0 Å². The van der Waals surface area contributed by atoms with Crippen molar-refractivity contribution in [1.82, 2.24) is 0 Å². The van der Waals surface area contributed by atoms with Crippen LogP contribution in [0.5, 0.6) is 40.2 Å². The van der Waals surface area contributed by atoms with E-state index in [4.69, 9.17) is 38.9 Å². The molecule has 3 aromatic rings. The Morgan fingerprint density at radius 2 is 1.31 bits per heavy atom. The number of phenols is 2. The van der Waals surface area contributed by atoms with Gasteiger partial charge in [-0.15, -0.1) is 0 Å². The van der Waals surface area contributed by atoms with Gasteiger partial charge < -0.3 is 54.2 Å². The standard InChI is InChI=1S/C31H37NO10/c1-36-23-8-6-16(9-22(23)35)28(32)27(13-33)42-31-25(38-3)11-18(12-26(31)39-4)30-20-15-40-29(19(20)14-41-30)17-5-7-21(34)24(10-17)37-2/h5-12,19-20,27-30,33-35H,13-15,32H2,1-4H3/t19?,20?,27-,28+,29-,30-/m0/s1. The first-order valence-electron chi connectivity index (χ1n) is 13.6. The summed E-state index contributed by atoms with van der Waals surface area (Å²) in [5.74, 6) is 1.92. The van der Waals surface area contributed by atoms with Crippen molar-refractivity contribution < 1.29 is 48.5 Å². The van der Waals surface area contributed by atoms with Gasteiger partial charge in [-0.3, -0.25) is 0 Å². The number of hydrogen-bond donors (Lipinski definition) is 4. The number of aromatic hydroxyl groups is 2. The Morgan fingerprint density at radius 1 is 0.738 bits per heavy atom. The Kier molecular flexibility index (Phi) is 8.83. The van der Waals surface area contributed by atoms with E-state index in [1.807, 2.05) is 18.2 Å². The third-order valence-corrected chi connectivity index (χ3v) is 8.05. The van der Waals surface area contributed by atoms with Crippen molar-refractivity contribution in [2.45, 2.75) is 24.4 Å². The summed E-state index contributed by atoms with van der Waals surface area (Å²) in [4.78, 5) is 0. The van der Waals surface area contributed by atoms with E-state index in [2.05, 4.69) is 0 Å². The van der Waals surface area contributed by atoms with Crippen molar-refractivity contribution in [3.05, 3.63) is 65.2 Å². The molecule has 2 heterocycles. The number of benzene rings is 3. The fourth-order valence-electron chi connectivity index (χ4n) is 5.79. The van der Waals surface area contributed by atoms with Crippen LogP contribution in [0.15, 0.2) is 48.5 Å². The fourth-order valence-corrected chi connectivity index (χ4v) is 5.79. The van der Waals surface area contributed by atoms with Gasteiger partial charge in [0.25, 0.3) is 0 Å². The number of phenolic OH excluding ortho intramolecular Hbond substituents is 2. The summed E-state index contributed by atoms with van der Waals surface area (Å²) >= 11 is 0. The molecule has 0 radical (unpaired) electrons. The fraction of sp³-hybridized carbons (Fsp3) is 0.419. The maximum absolute atomic E-state index is 10.2. The highest BCUT2D eigenvalue weighted by Crippen LogP contribution is 2.53. The highest BCUT2D eigenvalue weighted by molar-refractivity contribution is 5.55. The van der Waals surface area contributed by atoms with Crippen LogP contribution >= 0.6 is 0 Å². The summed E-state index contributed by atoms with van der Waals surface area (Å²) < 4.78 is 40.5. The first-order chi connectivity index (χ1) is 20.3. The van der Waals surface area contributed by atoms with Crippen molar-refractivity contribution in [2.75, 3.05) is 48.3 Å². The topological polar surface area (TPSA) is 151 Å². The first-order valence-corrected chi connectivity index (χ1v) is 13.6. The van der Waals surface area contributed by atoms with Crippen molar-refractivity contribution in [1.29, 1.82) is 0 Å². The van der Waals surface area contributed by atoms with E-state index in [-0.39, 0.29) is 41.3 Å². The number of aliphatic hydroxyl groups excluding tert-OH is 1. The zero-order chi connectivity index (χ0) is 30.0. The van der Waals surface area contributed by atoms with Gasteiger partial charge in [-0.25, -0.2) is 0 Å². The van der Waals surface area contributed by atoms with Crippen molar-refractivity contribution >= 4 is 0 Å². The molecule has 5 rings (SSSR count). The average Bonchev–Trinajstić information content (AvgIpc) is 3.62. The second-order valence-corrected chi connectivity index (χ2v) is 10.3. The number of methoxy groups -OCH3 is 4. The van der Waals surface area contributed by atoms with Crippen LogP contribution in [0.1, 0.15) is 34.9 Å². The van der Waals surface area contributed by atoms with Crippen LogP contribution in [0.3, 0.4) is 0 Å².